The molecule has 15 rings (SSSR count). The molecule has 5 N–H and O–H groups in total. The SMILES string of the molecule is C.CC(C)Cc1oc2ccccc2c1C(=O)c1cc(I)c(O)c(I)c1.CC(C)c1oc2ccccc2c1C(=O)c1cc(Br)c(O)c(Br)c1.CC1=C(C(=O)c2cc(I)c(O)c(I)c2)c2ccccc2C1.CC1=C(C(=O)c2ccc(O)c(I)c2)c2ccccc2C1.CC1=C(C(=O)c2ccc(O)cc2)c2ccccc2C1. The quantitative estimate of drug-likeness (QED) is 0.0539. The number of allylic oxidation sites excluding steroid dienone is 6. The molecule has 3 aliphatic carbocycles. The van der Waals surface area contributed by atoms with E-state index in [9.17, 15) is 49.5 Å². The minimum absolute atomic E-state index is 0. The zero-order chi connectivity index (χ0) is 77.0. The van der Waals surface area contributed by atoms with Crippen LogP contribution in [0, 0.1) is 23.8 Å². The van der Waals surface area contributed by atoms with Crippen molar-refractivity contribution in [3.05, 3.63) is 328 Å². The summed E-state index contributed by atoms with van der Waals surface area (Å²) in [6.45, 7) is 14.2. The topological polar surface area (TPSA) is 213 Å². The monoisotopic (exact) mass is 2130 g/mol. The van der Waals surface area contributed by atoms with Crippen LogP contribution in [0.1, 0.15) is 170 Å². The number of fused-ring (bicyclic) bond motifs is 5. The lowest BCUT2D eigenvalue weighted by Crippen LogP contribution is -2.06. The second-order valence-electron chi connectivity index (χ2n) is 26.7. The molecule has 3 aliphatic rings. The number of phenolic OH excluding ortho intramolecular Hbond substituents is 5. The van der Waals surface area contributed by atoms with Gasteiger partial charge in [-0.05, 0) is 315 Å². The largest absolute Gasteiger partial charge is 0.508 e. The molecule has 12 aromatic rings. The highest BCUT2D eigenvalue weighted by Crippen LogP contribution is 2.42. The molecule has 108 heavy (non-hydrogen) atoms. The highest BCUT2D eigenvalue weighted by molar-refractivity contribution is 14.1. The van der Waals surface area contributed by atoms with Gasteiger partial charge in [0.2, 0.25) is 0 Å². The van der Waals surface area contributed by atoms with Gasteiger partial charge in [0, 0.05) is 67.6 Å². The number of carbonyl (C=O) groups excluding carboxylic acids is 5. The van der Waals surface area contributed by atoms with Gasteiger partial charge in [-0.25, -0.2) is 0 Å². The number of Topliss-reactive ketones (excluding diaryl/α,β-unsaturated/α-hetero) is 3. The molecule has 0 aliphatic heterocycles. The summed E-state index contributed by atoms with van der Waals surface area (Å²) in [5.41, 5.74) is 18.1. The standard InChI is InChI=1S/C19H16I2O3.C18H14Br2O3.C17H12I2O2.C17H13IO2.C17H14O2.CH4/c1-10(2)7-16-17(12-5-3-4-6-15(12)24-16)18(22)11-8-13(20)19(23)14(21)9-11;1-9(2)18-15(11-5-3-4-6-14(11)23-18)16(21)10-7-12(19)17(22)13(20)8-10;1-9-6-10-4-2-3-5-12(10)15(9)16(20)11-7-13(18)17(21)14(19)8-11;1-10-8-11-4-2-3-5-13(11)16(10)17(20)12-6-7-15(19)14(18)9-12;1-11-10-13-4-2-3-5-15(13)16(11)17(19)12-6-8-14(18)9-7-12;/h3-6,8-10,23H,7H2,1-2H3;3-9,22H,1-2H3;2-5,7-8,21H,6H2,1H3;2-7,9,19H,8H2,1H3;2-9,18H,10H2,1H3;1H4. The molecule has 0 atom stereocenters. The van der Waals surface area contributed by atoms with E-state index in [1.807, 2.05) is 206 Å². The van der Waals surface area contributed by atoms with Crippen LogP contribution in [0.5, 0.6) is 28.7 Å². The zero-order valence-corrected chi connectivity index (χ0v) is 72.7. The van der Waals surface area contributed by atoms with E-state index in [0.717, 1.165) is 91.5 Å². The molecule has 0 saturated heterocycles. The minimum atomic E-state index is -0.125. The normalized spacial score (nSPS) is 12.4. The van der Waals surface area contributed by atoms with E-state index in [2.05, 4.69) is 109 Å². The van der Waals surface area contributed by atoms with Crippen molar-refractivity contribution in [3.63, 3.8) is 0 Å². The highest BCUT2D eigenvalue weighted by Gasteiger charge is 2.31. The lowest BCUT2D eigenvalue weighted by atomic mass is 9.96. The van der Waals surface area contributed by atoms with E-state index < -0.39 is 0 Å². The van der Waals surface area contributed by atoms with Crippen molar-refractivity contribution in [1.29, 1.82) is 0 Å². The van der Waals surface area contributed by atoms with Gasteiger partial charge < -0.3 is 34.4 Å². The minimum Gasteiger partial charge on any atom is -0.508 e. The zero-order valence-electron chi connectivity index (χ0n) is 58.8. The number of ketones is 5. The molecule has 0 fully saturated rings. The molecule has 0 spiro atoms. The fourth-order valence-corrected chi connectivity index (χ4v) is 18.4. The summed E-state index contributed by atoms with van der Waals surface area (Å²) in [5, 5.41) is 50.1. The Morgan fingerprint density at radius 2 is 0.750 bits per heavy atom. The van der Waals surface area contributed by atoms with Gasteiger partial charge in [-0.3, -0.25) is 24.0 Å². The van der Waals surface area contributed by atoms with Crippen molar-refractivity contribution in [2.75, 3.05) is 0 Å². The first-order chi connectivity index (χ1) is 51.0. The van der Waals surface area contributed by atoms with Crippen LogP contribution in [-0.4, -0.2) is 54.4 Å². The molecule has 2 heterocycles. The second-order valence-corrected chi connectivity index (χ2v) is 34.2. The lowest BCUT2D eigenvalue weighted by molar-refractivity contribution is 0.102. The van der Waals surface area contributed by atoms with Gasteiger partial charge in [-0.2, -0.15) is 0 Å². The van der Waals surface area contributed by atoms with E-state index in [-0.39, 0.29) is 71.0 Å². The Labute approximate surface area is 712 Å². The van der Waals surface area contributed by atoms with E-state index >= 15 is 0 Å². The molecule has 0 amide bonds. The molecular weight excluding hydrogens is 2060 g/mol. The number of halogens is 7. The lowest BCUT2D eigenvalue weighted by Gasteiger charge is -2.08. The Kier molecular flexibility index (Phi) is 27.7. The Morgan fingerprint density at radius 3 is 1.19 bits per heavy atom. The van der Waals surface area contributed by atoms with Crippen LogP contribution in [0.3, 0.4) is 0 Å². The molecule has 2 aromatic heterocycles. The van der Waals surface area contributed by atoms with Gasteiger partial charge in [-0.15, -0.1) is 0 Å². The van der Waals surface area contributed by atoms with Gasteiger partial charge in [0.05, 0.1) is 37.9 Å². The van der Waals surface area contributed by atoms with Gasteiger partial charge in [0.25, 0.3) is 0 Å². The van der Waals surface area contributed by atoms with Crippen molar-refractivity contribution in [3.8, 4) is 28.7 Å². The van der Waals surface area contributed by atoms with E-state index in [0.29, 0.717) is 89.4 Å². The smallest absolute Gasteiger partial charge is 0.197 e. The third kappa shape index (κ3) is 18.2. The second kappa shape index (κ2) is 36.1. The fourth-order valence-electron chi connectivity index (χ4n) is 13.2. The number of aromatic hydroxyl groups is 5. The van der Waals surface area contributed by atoms with Gasteiger partial charge >= 0.3 is 0 Å². The summed E-state index contributed by atoms with van der Waals surface area (Å²) in [5.74, 6) is 2.70. The number of furan rings is 2. The first-order valence-corrected chi connectivity index (χ1v) is 40.9. The van der Waals surface area contributed by atoms with Crippen molar-refractivity contribution in [2.24, 2.45) is 5.92 Å². The van der Waals surface area contributed by atoms with E-state index in [1.165, 1.54) is 16.7 Å². The molecule has 0 unspecified atom stereocenters. The van der Waals surface area contributed by atoms with Crippen LogP contribution in [0.25, 0.3) is 38.7 Å². The summed E-state index contributed by atoms with van der Waals surface area (Å²) in [6, 6.07) is 60.9. The molecule has 0 bridgehead atoms. The first-order valence-electron chi connectivity index (χ1n) is 33.9. The number of rotatable bonds is 13. The van der Waals surface area contributed by atoms with Crippen LogP contribution >= 0.6 is 145 Å². The highest BCUT2D eigenvalue weighted by atomic mass is 127. The Hall–Kier alpha value is -7.54. The van der Waals surface area contributed by atoms with Crippen molar-refractivity contribution < 1.29 is 58.3 Å². The molecule has 12 nitrogen and oxygen atoms in total. The molecule has 10 aromatic carbocycles. The fraction of sp³-hybridized carbons (Fsp3) is 0.157. The number of carbonyl (C=O) groups is 5. The predicted octanol–water partition coefficient (Wildman–Crippen LogP) is 25.1. The van der Waals surface area contributed by atoms with E-state index in [1.54, 1.807) is 78.9 Å². The Morgan fingerprint density at radius 1 is 0.398 bits per heavy atom. The summed E-state index contributed by atoms with van der Waals surface area (Å²) < 4.78 is 16.2. The summed E-state index contributed by atoms with van der Waals surface area (Å²) in [7, 11) is 0. The number of hydrogen-bond donors (Lipinski definition) is 5. The molecule has 550 valence electrons. The van der Waals surface area contributed by atoms with Crippen LogP contribution in [0.2, 0.25) is 0 Å². The van der Waals surface area contributed by atoms with Crippen LogP contribution < -0.4 is 0 Å². The molecule has 0 radical (unpaired) electrons. The summed E-state index contributed by atoms with van der Waals surface area (Å²) in [6.07, 6.45) is 3.23. The van der Waals surface area contributed by atoms with E-state index in [4.69, 9.17) is 8.83 Å². The van der Waals surface area contributed by atoms with Crippen molar-refractivity contribution in [1.82, 2.24) is 0 Å². The maximum Gasteiger partial charge on any atom is 0.197 e. The first kappa shape index (κ1) is 82.9. The predicted molar refractivity (Wildman–Crippen MR) is 479 cm³/mol. The molecular formula is C89H73Br2I5O12. The van der Waals surface area contributed by atoms with Crippen molar-refractivity contribution in [2.45, 2.75) is 87.5 Å². The van der Waals surface area contributed by atoms with Gasteiger partial charge in [0.15, 0.2) is 28.9 Å². The average Bonchev–Trinajstić information content (AvgIpc) is 1.63. The van der Waals surface area contributed by atoms with Crippen LogP contribution in [-0.2, 0) is 25.7 Å². The van der Waals surface area contributed by atoms with Gasteiger partial charge in [0.1, 0.15) is 51.4 Å². The average molecular weight is 2130 g/mol. The molecule has 0 saturated carbocycles. The maximum atomic E-state index is 13.2. The number of benzene rings is 10. The Bertz CT molecular complexity index is 5590. The summed E-state index contributed by atoms with van der Waals surface area (Å²) >= 11 is 16.8. The van der Waals surface area contributed by atoms with Crippen molar-refractivity contribution >= 4 is 212 Å². The number of para-hydroxylation sites is 2. The maximum absolute atomic E-state index is 13.2. The van der Waals surface area contributed by atoms with Crippen LogP contribution in [0.15, 0.2) is 235 Å². The van der Waals surface area contributed by atoms with Gasteiger partial charge in [-0.1, -0.05) is 161 Å². The third-order valence-electron chi connectivity index (χ3n) is 18.2. The molecule has 19 heteroatoms. The Balaban J connectivity index is 0.000000144. The third-order valence-corrected chi connectivity index (χ3v) is 23.6. The van der Waals surface area contributed by atoms with Crippen LogP contribution in [0.4, 0.5) is 0 Å². The number of hydrogen-bond acceptors (Lipinski definition) is 12. The summed E-state index contributed by atoms with van der Waals surface area (Å²) in [4.78, 5) is 64.5. The number of phenols is 5.